The number of nitrogens with one attached hydrogen (secondary N) is 1. The molecule has 0 aliphatic carbocycles. The smallest absolute Gasteiger partial charge is 0.440 e. The van der Waals surface area contributed by atoms with Gasteiger partial charge in [0.25, 0.3) is 0 Å². The van der Waals surface area contributed by atoms with Crippen LogP contribution >= 0.6 is 0 Å². The van der Waals surface area contributed by atoms with Crippen LogP contribution < -0.4 is 16.2 Å². The summed E-state index contributed by atoms with van der Waals surface area (Å²) in [5, 5.41) is 0. The van der Waals surface area contributed by atoms with Gasteiger partial charge in [-0.25, -0.2) is 14.6 Å². The number of nitrogens with zero attached hydrogens (tertiary/aromatic N) is 1. The average molecular weight is 510 g/mol. The third-order valence-electron chi connectivity index (χ3n) is 5.10. The number of benzene rings is 3. The van der Waals surface area contributed by atoms with Crippen LogP contribution in [-0.2, 0) is 25.5 Å². The number of rotatable bonds is 6. The highest BCUT2D eigenvalue weighted by Gasteiger charge is 2.36. The molecule has 0 aliphatic rings. The molecule has 0 spiro atoms. The highest BCUT2D eigenvalue weighted by molar-refractivity contribution is 5.65. The van der Waals surface area contributed by atoms with E-state index in [1.165, 1.54) is 6.07 Å². The molecule has 0 saturated heterocycles. The molecule has 0 bridgehead atoms. The van der Waals surface area contributed by atoms with Gasteiger partial charge in [-0.3, -0.25) is 0 Å². The lowest BCUT2D eigenvalue weighted by atomic mass is 10.0. The van der Waals surface area contributed by atoms with Crippen molar-refractivity contribution in [2.75, 3.05) is 0 Å². The molecule has 188 valence electrons. The molecular weight excluding hydrogens is 494 g/mol. The molecule has 1 N–H and O–H groups in total. The monoisotopic (exact) mass is 510 g/mol. The standard InChI is InChI=1S/C24H16F6N2O4/c25-23(26,27)18-8-15(9-19(11-18)24(28,29)30)13-35-20-6-2-5-17(10-20)16-4-1-3-14(7-16)12-32-21(33)31-22(34)36-32/h1-11H,12-13H2,(H,31,33,34). The highest BCUT2D eigenvalue weighted by Crippen LogP contribution is 2.36. The highest BCUT2D eigenvalue weighted by atomic mass is 19.4. The fraction of sp³-hybridized carbons (Fsp3) is 0.167. The molecule has 0 aliphatic heterocycles. The van der Waals surface area contributed by atoms with Crippen molar-refractivity contribution in [3.63, 3.8) is 0 Å². The van der Waals surface area contributed by atoms with Crippen molar-refractivity contribution in [3.05, 3.63) is 110 Å². The van der Waals surface area contributed by atoms with Crippen molar-refractivity contribution >= 4 is 0 Å². The Morgan fingerprint density at radius 2 is 1.39 bits per heavy atom. The second-order valence-electron chi connectivity index (χ2n) is 7.78. The number of ether oxygens (including phenoxy) is 1. The first kappa shape index (κ1) is 24.9. The van der Waals surface area contributed by atoms with Gasteiger partial charge in [0.15, 0.2) is 0 Å². The quantitative estimate of drug-likeness (QED) is 0.350. The molecule has 12 heteroatoms. The second-order valence-corrected chi connectivity index (χ2v) is 7.78. The third kappa shape index (κ3) is 5.88. The molecule has 1 aromatic heterocycles. The maximum atomic E-state index is 13.1. The molecule has 0 radical (unpaired) electrons. The van der Waals surface area contributed by atoms with Gasteiger partial charge in [0.2, 0.25) is 0 Å². The number of H-pyrrole nitrogens is 1. The Bertz CT molecular complexity index is 1470. The van der Waals surface area contributed by atoms with Crippen molar-refractivity contribution < 1.29 is 35.6 Å². The predicted molar refractivity (Wildman–Crippen MR) is 115 cm³/mol. The van der Waals surface area contributed by atoms with Crippen molar-refractivity contribution in [1.29, 1.82) is 0 Å². The Kier molecular flexibility index (Phi) is 6.53. The van der Waals surface area contributed by atoms with E-state index >= 15 is 0 Å². The Balaban J connectivity index is 1.55. The largest absolute Gasteiger partial charge is 0.489 e. The molecule has 6 nitrogen and oxygen atoms in total. The number of hydrogen-bond donors (Lipinski definition) is 1. The first-order chi connectivity index (χ1) is 16.9. The molecule has 36 heavy (non-hydrogen) atoms. The molecule has 0 fully saturated rings. The number of halogens is 6. The van der Waals surface area contributed by atoms with E-state index in [1.807, 2.05) is 4.98 Å². The molecule has 0 atom stereocenters. The van der Waals surface area contributed by atoms with Gasteiger partial charge in [-0.05, 0) is 58.7 Å². The van der Waals surface area contributed by atoms with Crippen LogP contribution in [0.15, 0.2) is 80.8 Å². The summed E-state index contributed by atoms with van der Waals surface area (Å²) in [6.07, 6.45) is -9.90. The first-order valence-corrected chi connectivity index (χ1v) is 10.3. The molecule has 0 amide bonds. The van der Waals surface area contributed by atoms with Gasteiger partial charge in [-0.15, -0.1) is 4.74 Å². The molecular formula is C24H16F6N2O4. The van der Waals surface area contributed by atoms with Crippen LogP contribution in [0.2, 0.25) is 0 Å². The van der Waals surface area contributed by atoms with Gasteiger partial charge >= 0.3 is 23.8 Å². The molecule has 3 aromatic carbocycles. The Morgan fingerprint density at radius 1 is 0.778 bits per heavy atom. The number of hydrogen-bond acceptors (Lipinski definition) is 4. The van der Waals surface area contributed by atoms with Crippen molar-refractivity contribution in [2.24, 2.45) is 0 Å². The zero-order valence-electron chi connectivity index (χ0n) is 18.1. The normalized spacial score (nSPS) is 12.1. The zero-order chi connectivity index (χ0) is 26.1. The van der Waals surface area contributed by atoms with Crippen LogP contribution in [0.3, 0.4) is 0 Å². The summed E-state index contributed by atoms with van der Waals surface area (Å²) in [6, 6.07) is 14.6. The molecule has 0 unspecified atom stereocenters. The fourth-order valence-electron chi connectivity index (χ4n) is 3.47. The summed E-state index contributed by atoms with van der Waals surface area (Å²) in [4.78, 5) is 24.8. The Hall–Kier alpha value is -4.22. The minimum Gasteiger partial charge on any atom is -0.489 e. The second kappa shape index (κ2) is 9.44. The first-order valence-electron chi connectivity index (χ1n) is 10.3. The van der Waals surface area contributed by atoms with Crippen molar-refractivity contribution in [3.8, 4) is 16.9 Å². The van der Waals surface area contributed by atoms with Crippen LogP contribution in [0.1, 0.15) is 22.3 Å². The van der Waals surface area contributed by atoms with Gasteiger partial charge in [-0.1, -0.05) is 30.3 Å². The van der Waals surface area contributed by atoms with E-state index < -0.39 is 41.5 Å². The Morgan fingerprint density at radius 3 is 1.97 bits per heavy atom. The van der Waals surface area contributed by atoms with Crippen LogP contribution in [0, 0.1) is 0 Å². The van der Waals surface area contributed by atoms with Gasteiger partial charge in [-0.2, -0.15) is 26.3 Å². The zero-order valence-corrected chi connectivity index (χ0v) is 18.1. The lowest BCUT2D eigenvalue weighted by Gasteiger charge is -2.15. The lowest BCUT2D eigenvalue weighted by molar-refractivity contribution is -0.143. The molecule has 1 heterocycles. The summed E-state index contributed by atoms with van der Waals surface area (Å²) >= 11 is 0. The van der Waals surface area contributed by atoms with Crippen LogP contribution in [0.5, 0.6) is 5.75 Å². The SMILES string of the molecule is O=c1[nH]c(=O)n(Cc2cccc(-c3cccc(OCc4cc(C(F)(F)F)cc(C(F)(F)F)c4)c3)c2)o1. The van der Waals surface area contributed by atoms with Gasteiger partial charge in [0, 0.05) is 0 Å². The van der Waals surface area contributed by atoms with E-state index in [9.17, 15) is 35.9 Å². The van der Waals surface area contributed by atoms with E-state index in [0.717, 1.165) is 4.74 Å². The fourth-order valence-corrected chi connectivity index (χ4v) is 3.47. The molecule has 0 saturated carbocycles. The summed E-state index contributed by atoms with van der Waals surface area (Å²) in [5.41, 5.74) is -1.88. The summed E-state index contributed by atoms with van der Waals surface area (Å²) < 4.78 is 89.6. The van der Waals surface area contributed by atoms with Gasteiger partial charge in [0.1, 0.15) is 12.4 Å². The summed E-state index contributed by atoms with van der Waals surface area (Å²) in [5.74, 6) is -0.666. The van der Waals surface area contributed by atoms with E-state index in [1.54, 1.807) is 42.5 Å². The number of alkyl halides is 6. The minimum atomic E-state index is -4.95. The van der Waals surface area contributed by atoms with Gasteiger partial charge in [0.05, 0.1) is 17.7 Å². The van der Waals surface area contributed by atoms with E-state index in [4.69, 9.17) is 9.26 Å². The summed E-state index contributed by atoms with van der Waals surface area (Å²) in [6.45, 7) is -0.537. The van der Waals surface area contributed by atoms with Crippen LogP contribution in [-0.4, -0.2) is 9.72 Å². The number of aromatic nitrogens is 2. The maximum Gasteiger partial charge on any atom is 0.440 e. The van der Waals surface area contributed by atoms with Gasteiger partial charge < -0.3 is 9.26 Å². The third-order valence-corrected chi connectivity index (χ3v) is 5.10. The van der Waals surface area contributed by atoms with Crippen molar-refractivity contribution in [2.45, 2.75) is 25.5 Å². The lowest BCUT2D eigenvalue weighted by Crippen LogP contribution is -2.17. The van der Waals surface area contributed by atoms with E-state index in [0.29, 0.717) is 28.8 Å². The maximum absolute atomic E-state index is 13.1. The Labute approximate surface area is 198 Å². The van der Waals surface area contributed by atoms with E-state index in [2.05, 4.69) is 0 Å². The minimum absolute atomic E-state index is 0.0152. The number of aromatic amines is 1. The summed E-state index contributed by atoms with van der Waals surface area (Å²) in [7, 11) is 0. The topological polar surface area (TPSA) is 77.2 Å². The average Bonchev–Trinajstić information content (AvgIpc) is 3.13. The van der Waals surface area contributed by atoms with E-state index in [-0.39, 0.29) is 23.9 Å². The van der Waals surface area contributed by atoms with Crippen LogP contribution in [0.4, 0.5) is 26.3 Å². The molecule has 4 rings (SSSR count). The predicted octanol–water partition coefficient (Wildman–Crippen LogP) is 5.46. The van der Waals surface area contributed by atoms with Crippen molar-refractivity contribution in [1.82, 2.24) is 9.72 Å². The van der Waals surface area contributed by atoms with Crippen LogP contribution in [0.25, 0.3) is 11.1 Å². The molecule has 4 aromatic rings.